The molecule has 2 unspecified atom stereocenters. The van der Waals surface area contributed by atoms with Crippen molar-refractivity contribution in [1.82, 2.24) is 50.2 Å². The number of carbonyl (C=O) groups is 11. The molecule has 0 spiro atoms. The molecule has 0 heterocycles. The van der Waals surface area contributed by atoms with Gasteiger partial charge in [0.2, 0.25) is 65.0 Å². The zero-order valence-electron chi connectivity index (χ0n) is 59.4. The van der Waals surface area contributed by atoms with Gasteiger partial charge in [-0.2, -0.15) is 0 Å². The fourth-order valence-electron chi connectivity index (χ4n) is 11.0. The Kier molecular flexibility index (Phi) is 35.9. The summed E-state index contributed by atoms with van der Waals surface area (Å²) < 4.78 is 0. The van der Waals surface area contributed by atoms with Gasteiger partial charge < -0.3 is 61.1 Å². The van der Waals surface area contributed by atoms with E-state index in [1.807, 2.05) is 89.2 Å². The lowest BCUT2D eigenvalue weighted by molar-refractivity contribution is -0.157. The van der Waals surface area contributed by atoms with Gasteiger partial charge in [0.25, 0.3) is 0 Å². The standard InChI is InChI=1S/C66H121N11O12/c1-27-30-31-44(17)56(79)55(60(83)69-47(29-3)63(86)71(20)36-52(78)75(24)54(57(67)80)43(16)28-2)77(26)66(89)53(42(14)15)76(25)65(88)51(35-40(10)11)74(23)64(87)50(34-39(8)9)73(22)62(85)46(19)68-58(81)48(32-37(4)5)70-59(82)49(33-38(6)7)72(21)61(84)45(18)41(12)13/h27,30,37-51,53-56,79H,28-29,31-36H2,1-26H3,(H2,67,80)(H,68,81)(H,69,83)(H,70,82)/b30-27+/t43?,44-,45-,46+,47+,48+,49+,50+,51-,53+,54+,55?,56+/m1/s1. The van der Waals surface area contributed by atoms with Gasteiger partial charge in [0.1, 0.15) is 54.4 Å². The van der Waals surface area contributed by atoms with Crippen LogP contribution in [0.15, 0.2) is 12.2 Å². The molecule has 512 valence electrons. The molecule has 23 nitrogen and oxygen atoms in total. The largest absolute Gasteiger partial charge is 0.390 e. The van der Waals surface area contributed by atoms with Gasteiger partial charge >= 0.3 is 0 Å². The highest BCUT2D eigenvalue weighted by Crippen LogP contribution is 2.26. The number of amides is 11. The lowest BCUT2D eigenvalue weighted by Gasteiger charge is -2.41. The van der Waals surface area contributed by atoms with Crippen molar-refractivity contribution in [2.75, 3.05) is 55.9 Å². The van der Waals surface area contributed by atoms with Crippen molar-refractivity contribution in [1.29, 1.82) is 0 Å². The van der Waals surface area contributed by atoms with Crippen LogP contribution in [0.3, 0.4) is 0 Å². The van der Waals surface area contributed by atoms with Crippen molar-refractivity contribution in [3.63, 3.8) is 0 Å². The lowest BCUT2D eigenvalue weighted by atomic mass is 9.91. The highest BCUT2D eigenvalue weighted by molar-refractivity contribution is 5.99. The fraction of sp³-hybridized carbons (Fsp3) is 0.803. The Labute approximate surface area is 535 Å². The second-order valence-corrected chi connectivity index (χ2v) is 27.4. The zero-order valence-corrected chi connectivity index (χ0v) is 59.4. The molecule has 0 saturated carbocycles. The number of hydrogen-bond acceptors (Lipinski definition) is 12. The predicted molar refractivity (Wildman–Crippen MR) is 349 cm³/mol. The van der Waals surface area contributed by atoms with E-state index in [-0.39, 0.29) is 73.0 Å². The summed E-state index contributed by atoms with van der Waals surface area (Å²) in [6, 6.07) is -10.4. The van der Waals surface area contributed by atoms with Gasteiger partial charge in [-0.25, -0.2) is 0 Å². The molecule has 89 heavy (non-hydrogen) atoms. The number of primary amides is 1. The van der Waals surface area contributed by atoms with Crippen LogP contribution < -0.4 is 21.7 Å². The van der Waals surface area contributed by atoms with Gasteiger partial charge in [-0.05, 0) is 99.7 Å². The summed E-state index contributed by atoms with van der Waals surface area (Å²) in [6.07, 6.45) is 3.90. The predicted octanol–water partition coefficient (Wildman–Crippen LogP) is 4.92. The third-order valence-electron chi connectivity index (χ3n) is 17.3. The maximum atomic E-state index is 15.2. The molecular formula is C66H121N11O12. The van der Waals surface area contributed by atoms with E-state index in [0.29, 0.717) is 19.3 Å². The number of allylic oxidation sites excluding steroid dienone is 2. The summed E-state index contributed by atoms with van der Waals surface area (Å²) in [5, 5.41) is 20.5. The van der Waals surface area contributed by atoms with Crippen LogP contribution in [0, 0.1) is 53.3 Å². The maximum absolute atomic E-state index is 15.2. The minimum absolute atomic E-state index is 0.0333. The third-order valence-corrected chi connectivity index (χ3v) is 17.3. The highest BCUT2D eigenvalue weighted by Gasteiger charge is 2.45. The molecule has 6 N–H and O–H groups in total. The molecule has 0 aliphatic heterocycles. The Balaban J connectivity index is 7.23. The van der Waals surface area contributed by atoms with Crippen LogP contribution in [0.4, 0.5) is 0 Å². The average molecular weight is 1260 g/mol. The fourth-order valence-corrected chi connectivity index (χ4v) is 11.0. The van der Waals surface area contributed by atoms with Crippen LogP contribution in [-0.4, -0.2) is 221 Å². The molecular weight excluding hydrogens is 1140 g/mol. The first-order chi connectivity index (χ1) is 41.0. The quantitative estimate of drug-likeness (QED) is 0.0515. The molecule has 13 atom stereocenters. The normalized spacial score (nSPS) is 16.2. The minimum atomic E-state index is -1.60. The number of aliphatic hydroxyl groups is 1. The Morgan fingerprint density at radius 2 is 0.876 bits per heavy atom. The van der Waals surface area contributed by atoms with Crippen molar-refractivity contribution in [2.24, 2.45) is 59.0 Å². The van der Waals surface area contributed by atoms with Gasteiger partial charge in [-0.3, -0.25) is 52.7 Å². The van der Waals surface area contributed by atoms with Crippen LogP contribution in [0.1, 0.15) is 176 Å². The van der Waals surface area contributed by atoms with E-state index in [1.54, 1.807) is 54.7 Å². The van der Waals surface area contributed by atoms with E-state index >= 15 is 14.4 Å². The Morgan fingerprint density at radius 1 is 0.438 bits per heavy atom. The Morgan fingerprint density at radius 3 is 1.30 bits per heavy atom. The summed E-state index contributed by atoms with van der Waals surface area (Å²) in [4.78, 5) is 165. The first-order valence-corrected chi connectivity index (χ1v) is 32.3. The molecule has 0 aliphatic carbocycles. The van der Waals surface area contributed by atoms with E-state index in [2.05, 4.69) is 16.0 Å². The van der Waals surface area contributed by atoms with Crippen molar-refractivity contribution >= 4 is 65.0 Å². The molecule has 0 aromatic rings. The summed E-state index contributed by atoms with van der Waals surface area (Å²) in [5.74, 6) is -8.69. The molecule has 0 aliphatic rings. The van der Waals surface area contributed by atoms with Crippen molar-refractivity contribution < 1.29 is 57.8 Å². The maximum Gasteiger partial charge on any atom is 0.246 e. The second-order valence-electron chi connectivity index (χ2n) is 27.4. The van der Waals surface area contributed by atoms with Crippen LogP contribution in [0.25, 0.3) is 0 Å². The molecule has 0 fully saturated rings. The molecule has 0 aromatic heterocycles. The van der Waals surface area contributed by atoms with Crippen LogP contribution in [0.5, 0.6) is 0 Å². The Bertz CT molecular complexity index is 2380. The summed E-state index contributed by atoms with van der Waals surface area (Å²) >= 11 is 0. The molecule has 23 heteroatoms. The number of nitrogens with two attached hydrogens (primary N) is 1. The number of aliphatic hydroxyl groups excluding tert-OH is 1. The SMILES string of the molecule is C/C=C/C[C@@H](C)[C@H](O)C(C(=O)N[C@@H](CC)C(=O)N(C)CC(=O)N(C)[C@H](C(N)=O)C(C)CC)N(C)C(=O)[C@H](C(C)C)N(C)C(=O)[C@@H](CC(C)C)N(C)C(=O)[C@H](CC(C)C)N(C)C(=O)[C@H](C)NC(=O)[C@H](CC(C)C)NC(=O)[C@H](CC(C)C)N(C)C(=O)[C@H](C)C(C)C. The van der Waals surface area contributed by atoms with Crippen LogP contribution in [-0.2, 0) is 52.7 Å². The first kappa shape index (κ1) is 82.9. The molecule has 0 bridgehead atoms. The molecule has 0 radical (unpaired) electrons. The number of carbonyl (C=O) groups excluding carboxylic acids is 11. The van der Waals surface area contributed by atoms with Gasteiger partial charge in [0.05, 0.1) is 12.6 Å². The zero-order chi connectivity index (χ0) is 69.6. The van der Waals surface area contributed by atoms with Gasteiger partial charge in [-0.15, -0.1) is 0 Å². The molecule has 0 saturated heterocycles. The van der Waals surface area contributed by atoms with E-state index in [9.17, 15) is 43.5 Å². The Hall–Kier alpha value is -6.13. The topological polar surface area (TPSA) is 293 Å². The highest BCUT2D eigenvalue weighted by atomic mass is 16.3. The molecule has 0 rings (SSSR count). The van der Waals surface area contributed by atoms with Gasteiger partial charge in [0.15, 0.2) is 0 Å². The van der Waals surface area contributed by atoms with E-state index in [1.165, 1.54) is 73.7 Å². The summed E-state index contributed by atoms with van der Waals surface area (Å²) in [7, 11) is 10.1. The molecule has 0 aromatic carbocycles. The minimum Gasteiger partial charge on any atom is -0.390 e. The second kappa shape index (κ2) is 38.5. The van der Waals surface area contributed by atoms with Crippen molar-refractivity contribution in [2.45, 2.75) is 237 Å². The molecule has 11 amide bonds. The summed E-state index contributed by atoms with van der Waals surface area (Å²) in [5.41, 5.74) is 5.66. The number of nitrogens with zero attached hydrogens (tertiary/aromatic N) is 7. The van der Waals surface area contributed by atoms with Gasteiger partial charge in [-0.1, -0.05) is 136 Å². The van der Waals surface area contributed by atoms with Gasteiger partial charge in [0, 0.05) is 55.3 Å². The smallest absolute Gasteiger partial charge is 0.246 e. The van der Waals surface area contributed by atoms with Crippen molar-refractivity contribution in [3.8, 4) is 0 Å². The lowest BCUT2D eigenvalue weighted by Crippen LogP contribution is -2.63. The summed E-state index contributed by atoms with van der Waals surface area (Å²) in [6.45, 7) is 34.2. The first-order valence-electron chi connectivity index (χ1n) is 32.3. The van der Waals surface area contributed by atoms with E-state index in [4.69, 9.17) is 5.73 Å². The number of nitrogens with one attached hydrogen (secondary N) is 3. The number of hydrogen-bond donors (Lipinski definition) is 5. The number of rotatable bonds is 38. The monoisotopic (exact) mass is 1260 g/mol. The van der Waals surface area contributed by atoms with Crippen molar-refractivity contribution in [3.05, 3.63) is 12.2 Å². The van der Waals surface area contributed by atoms with Crippen LogP contribution in [0.2, 0.25) is 0 Å². The third kappa shape index (κ3) is 24.5. The van der Waals surface area contributed by atoms with E-state index in [0.717, 1.165) is 9.80 Å². The average Bonchev–Trinajstić information content (AvgIpc) is 3.26. The number of likely N-dealkylation sites (N-methyl/N-ethyl adjacent to an activating group) is 7. The van der Waals surface area contributed by atoms with E-state index < -0.39 is 138 Å². The van der Waals surface area contributed by atoms with Crippen LogP contribution >= 0.6 is 0 Å².